The maximum Gasteiger partial charge on any atom is 0.434 e. The van der Waals surface area contributed by atoms with Crippen LogP contribution in [0.5, 0.6) is 0 Å². The van der Waals surface area contributed by atoms with Crippen LogP contribution in [0.15, 0.2) is 9.21 Å². The van der Waals surface area contributed by atoms with Gasteiger partial charge in [-0.05, 0) is 25.7 Å². The predicted octanol–water partition coefficient (Wildman–Crippen LogP) is 1.03. The molecular weight excluding hydrogens is 330 g/mol. The van der Waals surface area contributed by atoms with Crippen LogP contribution in [-0.4, -0.2) is 51.4 Å². The minimum atomic E-state index is -0.551. The number of hydrogen-bond acceptors (Lipinski definition) is 6. The lowest BCUT2D eigenvalue weighted by molar-refractivity contribution is -0.141. The number of ketones is 1. The van der Waals surface area contributed by atoms with E-state index in [0.717, 1.165) is 30.9 Å². The Bertz CT molecular complexity index is 683. The molecule has 1 aromatic heterocycles. The van der Waals surface area contributed by atoms with Gasteiger partial charge in [-0.25, -0.2) is 9.89 Å². The molecule has 4 rings (SSSR count). The summed E-state index contributed by atoms with van der Waals surface area (Å²) in [5, 5.41) is 6.20. The van der Waals surface area contributed by atoms with Crippen molar-refractivity contribution in [3.05, 3.63) is 16.4 Å². The van der Waals surface area contributed by atoms with E-state index in [0.29, 0.717) is 31.1 Å². The topological polar surface area (TPSA) is 96.3 Å². The van der Waals surface area contributed by atoms with E-state index in [1.54, 1.807) is 0 Å². The van der Waals surface area contributed by atoms with Gasteiger partial charge in [0.1, 0.15) is 5.78 Å². The molecule has 1 N–H and O–H groups in total. The lowest BCUT2D eigenvalue weighted by Gasteiger charge is -2.40. The molecular formula is C16H21N3O4S. The monoisotopic (exact) mass is 351 g/mol. The highest BCUT2D eigenvalue weighted by molar-refractivity contribution is 7.99. The number of fused-ring (bicyclic) bond motifs is 2. The molecule has 130 valence electrons. The molecule has 3 unspecified atom stereocenters. The number of piperidine rings is 1. The van der Waals surface area contributed by atoms with Gasteiger partial charge in [0.25, 0.3) is 0 Å². The van der Waals surface area contributed by atoms with E-state index in [-0.39, 0.29) is 29.6 Å². The summed E-state index contributed by atoms with van der Waals surface area (Å²) >= 11 is 1.84. The van der Waals surface area contributed by atoms with Gasteiger partial charge in [-0.2, -0.15) is 11.8 Å². The van der Waals surface area contributed by atoms with Crippen LogP contribution in [0, 0.1) is 17.8 Å². The number of nitrogens with one attached hydrogen (secondary N) is 1. The van der Waals surface area contributed by atoms with Crippen molar-refractivity contribution >= 4 is 23.5 Å². The summed E-state index contributed by atoms with van der Waals surface area (Å²) in [4.78, 5) is 38.2. The molecule has 3 heterocycles. The van der Waals surface area contributed by atoms with Gasteiger partial charge in [0.15, 0.2) is 0 Å². The predicted molar refractivity (Wildman–Crippen MR) is 87.7 cm³/mol. The van der Waals surface area contributed by atoms with Crippen LogP contribution in [0.3, 0.4) is 0 Å². The second-order valence-corrected chi connectivity index (χ2v) is 8.15. The molecule has 2 aliphatic heterocycles. The SMILES string of the molecule is O=C1C2CSCC1CC(C(=O)N1CCCC(c3n[nH]c(=O)o3)C1)C2. The van der Waals surface area contributed by atoms with E-state index in [1.165, 1.54) is 0 Å². The summed E-state index contributed by atoms with van der Waals surface area (Å²) in [5.74, 6) is 2.14. The molecule has 7 nitrogen and oxygen atoms in total. The second kappa shape index (κ2) is 6.38. The number of amides is 1. The van der Waals surface area contributed by atoms with E-state index in [1.807, 2.05) is 16.7 Å². The van der Waals surface area contributed by atoms with Crippen molar-refractivity contribution in [3.8, 4) is 0 Å². The summed E-state index contributed by atoms with van der Waals surface area (Å²) in [6.45, 7) is 1.28. The minimum absolute atomic E-state index is 0.0260. The Balaban J connectivity index is 1.44. The average molecular weight is 351 g/mol. The van der Waals surface area contributed by atoms with Crippen LogP contribution in [0.1, 0.15) is 37.5 Å². The molecule has 3 fully saturated rings. The highest BCUT2D eigenvalue weighted by Gasteiger charge is 2.43. The molecule has 1 saturated carbocycles. The van der Waals surface area contributed by atoms with E-state index < -0.39 is 5.76 Å². The largest absolute Gasteiger partial charge is 0.434 e. The van der Waals surface area contributed by atoms with Crippen molar-refractivity contribution in [2.45, 2.75) is 31.6 Å². The number of carbonyl (C=O) groups is 2. The highest BCUT2D eigenvalue weighted by atomic mass is 32.2. The third kappa shape index (κ3) is 2.92. The standard InChI is InChI=1S/C16H21N3O4S/c20-13-11-4-10(5-12(13)8-24-7-11)15(21)19-3-1-2-9(6-19)14-17-18-16(22)23-14/h9-12H,1-8H2,(H,18,22). The van der Waals surface area contributed by atoms with Crippen molar-refractivity contribution in [2.24, 2.45) is 17.8 Å². The third-order valence-electron chi connectivity index (χ3n) is 5.47. The molecule has 3 aliphatic rings. The number of thioether (sulfide) groups is 1. The first kappa shape index (κ1) is 15.9. The molecule has 1 amide bonds. The van der Waals surface area contributed by atoms with E-state index in [9.17, 15) is 14.4 Å². The van der Waals surface area contributed by atoms with Gasteiger partial charge in [0.05, 0.1) is 5.92 Å². The van der Waals surface area contributed by atoms with Gasteiger partial charge in [0, 0.05) is 42.3 Å². The zero-order chi connectivity index (χ0) is 16.7. The lowest BCUT2D eigenvalue weighted by atomic mass is 9.74. The van der Waals surface area contributed by atoms with E-state index in [4.69, 9.17) is 4.42 Å². The summed E-state index contributed by atoms with van der Waals surface area (Å²) < 4.78 is 5.06. The summed E-state index contributed by atoms with van der Waals surface area (Å²) in [5.41, 5.74) is 0. The van der Waals surface area contributed by atoms with Crippen molar-refractivity contribution in [1.29, 1.82) is 0 Å². The number of carbonyl (C=O) groups excluding carboxylic acids is 2. The van der Waals surface area contributed by atoms with Gasteiger partial charge in [-0.3, -0.25) is 9.59 Å². The minimum Gasteiger partial charge on any atom is -0.392 e. The number of H-pyrrole nitrogens is 1. The van der Waals surface area contributed by atoms with E-state index in [2.05, 4.69) is 10.2 Å². The Hall–Kier alpha value is -1.57. The fourth-order valence-corrected chi connectivity index (χ4v) is 5.56. The van der Waals surface area contributed by atoms with Crippen molar-refractivity contribution in [3.63, 3.8) is 0 Å². The molecule has 2 bridgehead atoms. The number of Topliss-reactive ketones (excluding diaryl/α,β-unsaturated/α-hetero) is 1. The Morgan fingerprint density at radius 2 is 1.96 bits per heavy atom. The van der Waals surface area contributed by atoms with Gasteiger partial charge in [0.2, 0.25) is 11.8 Å². The number of likely N-dealkylation sites (tertiary alicyclic amines) is 1. The Kier molecular flexibility index (Phi) is 4.24. The third-order valence-corrected chi connectivity index (χ3v) is 6.74. The van der Waals surface area contributed by atoms with Crippen LogP contribution in [0.25, 0.3) is 0 Å². The first-order valence-electron chi connectivity index (χ1n) is 8.57. The highest BCUT2D eigenvalue weighted by Crippen LogP contribution is 2.40. The molecule has 2 saturated heterocycles. The first-order chi connectivity index (χ1) is 11.6. The molecule has 0 spiro atoms. The van der Waals surface area contributed by atoms with Crippen LogP contribution in [0.4, 0.5) is 0 Å². The Labute approximate surface area is 143 Å². The zero-order valence-corrected chi connectivity index (χ0v) is 14.2. The first-order valence-corrected chi connectivity index (χ1v) is 9.73. The smallest absolute Gasteiger partial charge is 0.392 e. The molecule has 0 aromatic carbocycles. The number of nitrogens with zero attached hydrogens (tertiary/aromatic N) is 2. The summed E-state index contributed by atoms with van der Waals surface area (Å²) in [6, 6.07) is 0. The lowest BCUT2D eigenvalue weighted by Crippen LogP contribution is -2.48. The number of hydrogen-bond donors (Lipinski definition) is 1. The van der Waals surface area contributed by atoms with Crippen molar-refractivity contribution in [2.75, 3.05) is 24.6 Å². The normalized spacial score (nSPS) is 33.5. The number of aromatic amines is 1. The molecule has 1 aromatic rings. The van der Waals surface area contributed by atoms with E-state index >= 15 is 0 Å². The molecule has 8 heteroatoms. The summed E-state index contributed by atoms with van der Waals surface area (Å²) in [6.07, 6.45) is 3.13. The quantitative estimate of drug-likeness (QED) is 0.855. The van der Waals surface area contributed by atoms with Gasteiger partial charge < -0.3 is 9.32 Å². The molecule has 0 radical (unpaired) electrons. The average Bonchev–Trinajstić information content (AvgIpc) is 3.01. The maximum atomic E-state index is 13.0. The number of rotatable bonds is 2. The van der Waals surface area contributed by atoms with Crippen LogP contribution in [-0.2, 0) is 9.59 Å². The zero-order valence-electron chi connectivity index (χ0n) is 13.4. The second-order valence-electron chi connectivity index (χ2n) is 7.08. The van der Waals surface area contributed by atoms with Crippen LogP contribution in [0.2, 0.25) is 0 Å². The van der Waals surface area contributed by atoms with Crippen LogP contribution < -0.4 is 5.76 Å². The fraction of sp³-hybridized carbons (Fsp3) is 0.750. The van der Waals surface area contributed by atoms with Gasteiger partial charge in [-0.1, -0.05) is 0 Å². The van der Waals surface area contributed by atoms with Crippen molar-refractivity contribution in [1.82, 2.24) is 15.1 Å². The number of aromatic nitrogens is 2. The maximum absolute atomic E-state index is 13.0. The molecule has 3 atom stereocenters. The fourth-order valence-electron chi connectivity index (χ4n) is 4.26. The Morgan fingerprint density at radius 3 is 2.62 bits per heavy atom. The molecule has 1 aliphatic carbocycles. The van der Waals surface area contributed by atoms with Gasteiger partial charge >= 0.3 is 5.76 Å². The van der Waals surface area contributed by atoms with Crippen LogP contribution >= 0.6 is 11.8 Å². The van der Waals surface area contributed by atoms with Crippen molar-refractivity contribution < 1.29 is 14.0 Å². The molecule has 24 heavy (non-hydrogen) atoms. The summed E-state index contributed by atoms with van der Waals surface area (Å²) in [7, 11) is 0. The van der Waals surface area contributed by atoms with Gasteiger partial charge in [-0.15, -0.1) is 5.10 Å². The Morgan fingerprint density at radius 1 is 1.21 bits per heavy atom.